The molecule has 3 aromatic rings. The van der Waals surface area contributed by atoms with Crippen LogP contribution in [0.25, 0.3) is 22.2 Å². The molecule has 3 atom stereocenters. The quantitative estimate of drug-likeness (QED) is 0.461. The van der Waals surface area contributed by atoms with Gasteiger partial charge in [-0.3, -0.25) is 4.79 Å². The van der Waals surface area contributed by atoms with Gasteiger partial charge in [0.05, 0.1) is 23.4 Å². The molecule has 36 heavy (non-hydrogen) atoms. The fourth-order valence-electron chi connectivity index (χ4n) is 5.41. The Kier molecular flexibility index (Phi) is 7.78. The van der Waals surface area contributed by atoms with Crippen molar-refractivity contribution >= 4 is 16.8 Å². The van der Waals surface area contributed by atoms with E-state index in [2.05, 4.69) is 15.6 Å². The molecule has 3 heterocycles. The van der Waals surface area contributed by atoms with Crippen LogP contribution in [-0.2, 0) is 0 Å². The van der Waals surface area contributed by atoms with Crippen molar-refractivity contribution in [1.82, 2.24) is 20.6 Å². The molecule has 1 amide bonds. The summed E-state index contributed by atoms with van der Waals surface area (Å²) in [5, 5.41) is 15.9. The minimum absolute atomic E-state index is 0.0216. The Morgan fingerprint density at radius 1 is 1.14 bits per heavy atom. The van der Waals surface area contributed by atoms with E-state index < -0.39 is 0 Å². The van der Waals surface area contributed by atoms with Crippen LogP contribution in [0.3, 0.4) is 0 Å². The second kappa shape index (κ2) is 11.4. The average molecular weight is 489 g/mol. The lowest BCUT2D eigenvalue weighted by atomic mass is 10.0. The maximum absolute atomic E-state index is 13.3. The zero-order chi connectivity index (χ0) is 24.9. The molecule has 1 aliphatic heterocycles. The number of nitrogens with one attached hydrogen (secondary N) is 2. The molecule has 7 heteroatoms. The number of ether oxygens (including phenoxy) is 1. The first-order chi connectivity index (χ1) is 17.6. The highest BCUT2D eigenvalue weighted by Crippen LogP contribution is 2.35. The third-order valence-corrected chi connectivity index (χ3v) is 7.51. The predicted octanol–water partition coefficient (Wildman–Crippen LogP) is 4.20. The summed E-state index contributed by atoms with van der Waals surface area (Å²) in [7, 11) is 0. The number of hydrogen-bond acceptors (Lipinski definition) is 6. The first-order valence-electron chi connectivity index (χ1n) is 13.3. The van der Waals surface area contributed by atoms with Crippen molar-refractivity contribution in [3.05, 3.63) is 54.2 Å². The smallest absolute Gasteiger partial charge is 0.252 e. The maximum atomic E-state index is 13.3. The topological polar surface area (TPSA) is 96.4 Å². The average Bonchev–Trinajstić information content (AvgIpc) is 3.48. The number of rotatable bonds is 7. The number of aliphatic hydroxyl groups is 1. The number of amides is 1. The van der Waals surface area contributed by atoms with Crippen molar-refractivity contribution in [2.45, 2.75) is 45.1 Å². The van der Waals surface area contributed by atoms with Gasteiger partial charge in [-0.1, -0.05) is 31.0 Å². The van der Waals surface area contributed by atoms with E-state index in [0.717, 1.165) is 60.4 Å². The van der Waals surface area contributed by atoms with Gasteiger partial charge in [0.2, 0.25) is 5.88 Å². The van der Waals surface area contributed by atoms with E-state index in [1.807, 2.05) is 49.4 Å². The number of benzene rings is 1. The number of carbonyl (C=O) groups excluding carboxylic acids is 1. The molecular weight excluding hydrogens is 452 g/mol. The van der Waals surface area contributed by atoms with Crippen molar-refractivity contribution in [2.24, 2.45) is 17.8 Å². The van der Waals surface area contributed by atoms with E-state index in [4.69, 9.17) is 14.8 Å². The number of fused-ring (bicyclic) bond motifs is 2. The zero-order valence-electron chi connectivity index (χ0n) is 21.0. The summed E-state index contributed by atoms with van der Waals surface area (Å²) in [4.78, 5) is 22.4. The fraction of sp³-hybridized carbons (Fsp3) is 0.483. The molecule has 3 fully saturated rings. The Morgan fingerprint density at radius 3 is 2.56 bits per heavy atom. The molecule has 3 aliphatic rings. The first-order valence-corrected chi connectivity index (χ1v) is 13.3. The first kappa shape index (κ1) is 24.7. The monoisotopic (exact) mass is 488 g/mol. The molecule has 0 radical (unpaired) electrons. The van der Waals surface area contributed by atoms with Gasteiger partial charge in [0.25, 0.3) is 5.91 Å². The highest BCUT2D eigenvalue weighted by atomic mass is 16.5. The Bertz CT molecular complexity index is 1170. The molecule has 2 saturated carbocycles. The number of hydrogen-bond donors (Lipinski definition) is 3. The lowest BCUT2D eigenvalue weighted by molar-refractivity contribution is 0.0938. The van der Waals surface area contributed by atoms with E-state index in [1.54, 1.807) is 6.20 Å². The molecule has 190 valence electrons. The lowest BCUT2D eigenvalue weighted by Gasteiger charge is -2.16. The summed E-state index contributed by atoms with van der Waals surface area (Å²) >= 11 is 0. The van der Waals surface area contributed by atoms with Crippen LogP contribution in [0, 0.1) is 17.8 Å². The molecule has 0 bridgehead atoms. The van der Waals surface area contributed by atoms with Crippen molar-refractivity contribution in [2.75, 3.05) is 26.3 Å². The number of nitrogens with zero attached hydrogens (tertiary/aromatic N) is 2. The van der Waals surface area contributed by atoms with Gasteiger partial charge in [-0.25, -0.2) is 9.97 Å². The summed E-state index contributed by atoms with van der Waals surface area (Å²) in [5.74, 6) is 2.84. The van der Waals surface area contributed by atoms with E-state index in [-0.39, 0.29) is 11.9 Å². The molecule has 1 aromatic carbocycles. The van der Waals surface area contributed by atoms with E-state index in [9.17, 15) is 4.79 Å². The number of aromatic nitrogens is 2. The van der Waals surface area contributed by atoms with Crippen molar-refractivity contribution in [3.8, 4) is 17.1 Å². The number of aliphatic hydroxyl groups excluding tert-OH is 1. The normalized spacial score (nSPS) is 22.6. The van der Waals surface area contributed by atoms with E-state index >= 15 is 0 Å². The summed E-state index contributed by atoms with van der Waals surface area (Å²) in [6.45, 7) is 5.04. The van der Waals surface area contributed by atoms with E-state index in [1.165, 1.54) is 12.8 Å². The summed E-state index contributed by atoms with van der Waals surface area (Å²) in [6.07, 6.45) is 7.63. The van der Waals surface area contributed by atoms with Crippen LogP contribution in [-0.4, -0.2) is 53.3 Å². The van der Waals surface area contributed by atoms with Gasteiger partial charge in [0.15, 0.2) is 0 Å². The third-order valence-electron chi connectivity index (χ3n) is 7.51. The standard InChI is InChI=1S/C24H26N4O2.C5H10O/c1-2-30-23-8-7-15(14-26-23)22-11-20(19-5-3-4-6-21(19)28-22)24(29)27-18-9-16-12-25-13-17(16)10-18;6-4-3-5-1-2-5/h3-8,11,14,16-18,25H,2,9-10,12-13H2,1H3,(H,27,29);5-6H,1-4H2/t16-,17+,18?;. The molecule has 2 aliphatic carbocycles. The molecular formula is C29H36N4O3. The third kappa shape index (κ3) is 5.85. The molecule has 1 unspecified atom stereocenters. The van der Waals surface area contributed by atoms with Gasteiger partial charge in [-0.05, 0) is 75.2 Å². The zero-order valence-corrected chi connectivity index (χ0v) is 21.0. The Labute approximate surface area is 212 Å². The highest BCUT2D eigenvalue weighted by molar-refractivity contribution is 6.07. The van der Waals surface area contributed by atoms with Gasteiger partial charge < -0.3 is 20.5 Å². The van der Waals surface area contributed by atoms with Crippen LogP contribution >= 0.6 is 0 Å². The highest BCUT2D eigenvalue weighted by Gasteiger charge is 2.38. The Balaban J connectivity index is 0.000000391. The summed E-state index contributed by atoms with van der Waals surface area (Å²) in [5.41, 5.74) is 3.07. The van der Waals surface area contributed by atoms with Crippen LogP contribution < -0.4 is 15.4 Å². The van der Waals surface area contributed by atoms with Crippen molar-refractivity contribution in [1.29, 1.82) is 0 Å². The molecule has 1 saturated heterocycles. The predicted molar refractivity (Wildman–Crippen MR) is 141 cm³/mol. The summed E-state index contributed by atoms with van der Waals surface area (Å²) in [6, 6.07) is 13.7. The van der Waals surface area contributed by atoms with Crippen molar-refractivity contribution in [3.63, 3.8) is 0 Å². The SMILES string of the molecule is CCOc1ccc(-c2cc(C(=O)NC3C[C@H]4CNC[C@H]4C3)c3ccccc3n2)cn1.OCCC1CC1. The Morgan fingerprint density at radius 2 is 1.92 bits per heavy atom. The Hall–Kier alpha value is -3.03. The largest absolute Gasteiger partial charge is 0.478 e. The van der Waals surface area contributed by atoms with Gasteiger partial charge in [-0.15, -0.1) is 0 Å². The fourth-order valence-corrected chi connectivity index (χ4v) is 5.41. The molecule has 0 spiro atoms. The van der Waals surface area contributed by atoms with Crippen LogP contribution in [0.15, 0.2) is 48.7 Å². The minimum atomic E-state index is -0.0216. The molecule has 3 N–H and O–H groups in total. The molecule has 6 rings (SSSR count). The van der Waals surface area contributed by atoms with Crippen LogP contribution in [0.5, 0.6) is 5.88 Å². The maximum Gasteiger partial charge on any atom is 0.252 e. The molecule has 2 aromatic heterocycles. The number of para-hydroxylation sites is 1. The molecule has 7 nitrogen and oxygen atoms in total. The van der Waals surface area contributed by atoms with Crippen LogP contribution in [0.2, 0.25) is 0 Å². The second-order valence-electron chi connectivity index (χ2n) is 10.2. The minimum Gasteiger partial charge on any atom is -0.478 e. The lowest BCUT2D eigenvalue weighted by Crippen LogP contribution is -2.34. The number of pyridine rings is 2. The second-order valence-corrected chi connectivity index (χ2v) is 10.2. The van der Waals surface area contributed by atoms with Crippen LogP contribution in [0.4, 0.5) is 0 Å². The van der Waals surface area contributed by atoms with Gasteiger partial charge in [-0.2, -0.15) is 0 Å². The summed E-state index contributed by atoms with van der Waals surface area (Å²) < 4.78 is 5.43. The number of carbonyl (C=O) groups is 1. The van der Waals surface area contributed by atoms with Gasteiger partial charge in [0, 0.05) is 35.9 Å². The van der Waals surface area contributed by atoms with Gasteiger partial charge >= 0.3 is 0 Å². The van der Waals surface area contributed by atoms with Crippen LogP contribution in [0.1, 0.15) is 49.4 Å². The van der Waals surface area contributed by atoms with E-state index in [0.29, 0.717) is 36.5 Å². The van der Waals surface area contributed by atoms with Crippen molar-refractivity contribution < 1.29 is 14.6 Å². The van der Waals surface area contributed by atoms with Gasteiger partial charge in [0.1, 0.15) is 0 Å².